The number of hydrogen-bond acceptors (Lipinski definition) is 3. The van der Waals surface area contributed by atoms with Crippen molar-refractivity contribution in [3.8, 4) is 11.8 Å². The van der Waals surface area contributed by atoms with Gasteiger partial charge >= 0.3 is 0 Å². The van der Waals surface area contributed by atoms with Crippen LogP contribution in [0.4, 0.5) is 0 Å². The fraction of sp³-hybridized carbons (Fsp3) is 0.364. The molecule has 3 rings (SSSR count). The average Bonchev–Trinajstić information content (AvgIpc) is 3.54. The third-order valence-corrected chi connectivity index (χ3v) is 4.41. The zero-order valence-corrected chi connectivity index (χ0v) is 15.7. The molecule has 0 bridgehead atoms. The summed E-state index contributed by atoms with van der Waals surface area (Å²) < 4.78 is 5.98. The number of benzene rings is 2. The second-order valence-electron chi connectivity index (χ2n) is 6.72. The number of aliphatic imine (C=N–C) groups is 1. The Labute approximate surface area is 161 Å². The van der Waals surface area contributed by atoms with Gasteiger partial charge in [0.1, 0.15) is 5.75 Å². The molecule has 140 valence electrons. The maximum absolute atomic E-state index is 9.02. The Bertz CT molecular complexity index is 821. The predicted molar refractivity (Wildman–Crippen MR) is 107 cm³/mol. The van der Waals surface area contributed by atoms with Gasteiger partial charge in [0.15, 0.2) is 5.96 Å². The van der Waals surface area contributed by atoms with Crippen molar-refractivity contribution in [3.63, 3.8) is 0 Å². The molecule has 1 aliphatic rings. The molecule has 0 heterocycles. The van der Waals surface area contributed by atoms with Gasteiger partial charge in [-0.05, 0) is 49.4 Å². The molecule has 0 atom stereocenters. The van der Waals surface area contributed by atoms with Gasteiger partial charge in [-0.2, -0.15) is 5.26 Å². The van der Waals surface area contributed by atoms with E-state index in [0.717, 1.165) is 41.9 Å². The minimum Gasteiger partial charge on any atom is -0.493 e. The molecular formula is C22H26N4O. The van der Waals surface area contributed by atoms with Crippen molar-refractivity contribution < 1.29 is 4.74 Å². The second kappa shape index (κ2) is 9.63. The molecule has 2 aromatic rings. The van der Waals surface area contributed by atoms with Crippen molar-refractivity contribution in [1.82, 2.24) is 10.6 Å². The van der Waals surface area contributed by atoms with E-state index in [1.807, 2.05) is 43.3 Å². The first kappa shape index (κ1) is 18.8. The number of guanidine groups is 1. The number of para-hydroxylation sites is 1. The van der Waals surface area contributed by atoms with Crippen molar-refractivity contribution in [2.75, 3.05) is 13.2 Å². The summed E-state index contributed by atoms with van der Waals surface area (Å²) in [5.74, 6) is 2.42. The molecule has 0 aliphatic heterocycles. The summed E-state index contributed by atoms with van der Waals surface area (Å²) in [7, 11) is 0. The lowest BCUT2D eigenvalue weighted by Gasteiger charge is -2.14. The van der Waals surface area contributed by atoms with Crippen LogP contribution in [0.25, 0.3) is 0 Å². The average molecular weight is 362 g/mol. The maximum Gasteiger partial charge on any atom is 0.191 e. The van der Waals surface area contributed by atoms with Crippen LogP contribution < -0.4 is 15.4 Å². The van der Waals surface area contributed by atoms with Crippen LogP contribution >= 0.6 is 0 Å². The number of ether oxygens (including phenoxy) is 1. The van der Waals surface area contributed by atoms with Crippen LogP contribution in [0.2, 0.25) is 0 Å². The van der Waals surface area contributed by atoms with E-state index in [2.05, 4.69) is 27.8 Å². The topological polar surface area (TPSA) is 69.4 Å². The van der Waals surface area contributed by atoms with Crippen molar-refractivity contribution in [1.29, 1.82) is 5.26 Å². The molecule has 0 saturated heterocycles. The lowest BCUT2D eigenvalue weighted by Crippen LogP contribution is -2.36. The quantitative estimate of drug-likeness (QED) is 0.556. The fourth-order valence-electron chi connectivity index (χ4n) is 2.71. The zero-order valence-electron chi connectivity index (χ0n) is 15.7. The Kier molecular flexibility index (Phi) is 6.70. The van der Waals surface area contributed by atoms with Gasteiger partial charge in [-0.1, -0.05) is 30.3 Å². The molecule has 0 spiro atoms. The van der Waals surface area contributed by atoms with E-state index in [1.54, 1.807) is 6.07 Å². The van der Waals surface area contributed by atoms with Crippen molar-refractivity contribution >= 4 is 5.96 Å². The SMILES string of the molecule is CCNC(=NCc1cccc(C#N)c1)NCc1ccccc1OCC1CC1. The number of hydrogen-bond donors (Lipinski definition) is 2. The Morgan fingerprint density at radius 1 is 1.19 bits per heavy atom. The van der Waals surface area contributed by atoms with E-state index < -0.39 is 0 Å². The molecule has 0 aromatic heterocycles. The maximum atomic E-state index is 9.02. The minimum absolute atomic E-state index is 0.519. The lowest BCUT2D eigenvalue weighted by molar-refractivity contribution is 0.296. The summed E-state index contributed by atoms with van der Waals surface area (Å²) in [6.45, 7) is 4.79. The number of nitriles is 1. The molecule has 27 heavy (non-hydrogen) atoms. The van der Waals surface area contributed by atoms with Crippen LogP contribution in [0.1, 0.15) is 36.5 Å². The molecule has 2 N–H and O–H groups in total. The molecule has 5 heteroatoms. The van der Waals surface area contributed by atoms with Crippen LogP contribution in [-0.2, 0) is 13.1 Å². The van der Waals surface area contributed by atoms with Crippen LogP contribution in [0.15, 0.2) is 53.5 Å². The summed E-state index contributed by atoms with van der Waals surface area (Å²) in [6.07, 6.45) is 2.56. The third kappa shape index (κ3) is 6.03. The molecule has 1 aliphatic carbocycles. The molecule has 0 unspecified atom stereocenters. The van der Waals surface area contributed by atoms with E-state index in [-0.39, 0.29) is 0 Å². The van der Waals surface area contributed by atoms with Crippen LogP contribution in [-0.4, -0.2) is 19.1 Å². The van der Waals surface area contributed by atoms with Crippen LogP contribution in [0.3, 0.4) is 0 Å². The predicted octanol–water partition coefficient (Wildman–Crippen LogP) is 3.60. The van der Waals surface area contributed by atoms with Crippen molar-refractivity contribution in [2.24, 2.45) is 10.9 Å². The van der Waals surface area contributed by atoms with Gasteiger partial charge in [0.2, 0.25) is 0 Å². The first-order valence-corrected chi connectivity index (χ1v) is 9.50. The van der Waals surface area contributed by atoms with Gasteiger partial charge in [0.25, 0.3) is 0 Å². The van der Waals surface area contributed by atoms with E-state index in [4.69, 9.17) is 10.00 Å². The largest absolute Gasteiger partial charge is 0.493 e. The highest BCUT2D eigenvalue weighted by Gasteiger charge is 2.22. The third-order valence-electron chi connectivity index (χ3n) is 4.41. The van der Waals surface area contributed by atoms with Gasteiger partial charge in [0, 0.05) is 18.7 Å². The smallest absolute Gasteiger partial charge is 0.191 e. The van der Waals surface area contributed by atoms with Crippen molar-refractivity contribution in [2.45, 2.75) is 32.9 Å². The molecule has 5 nitrogen and oxygen atoms in total. The normalized spacial score (nSPS) is 13.7. The highest BCUT2D eigenvalue weighted by Crippen LogP contribution is 2.30. The van der Waals surface area contributed by atoms with Gasteiger partial charge in [-0.15, -0.1) is 0 Å². The van der Waals surface area contributed by atoms with E-state index in [1.165, 1.54) is 12.8 Å². The summed E-state index contributed by atoms with van der Waals surface area (Å²) >= 11 is 0. The fourth-order valence-corrected chi connectivity index (χ4v) is 2.71. The Hall–Kier alpha value is -3.00. The zero-order chi connectivity index (χ0) is 18.9. The lowest BCUT2D eigenvalue weighted by atomic mass is 10.1. The van der Waals surface area contributed by atoms with Gasteiger partial charge in [-0.3, -0.25) is 0 Å². The first-order chi connectivity index (χ1) is 13.3. The monoisotopic (exact) mass is 362 g/mol. The molecular weight excluding hydrogens is 336 g/mol. The molecule has 0 radical (unpaired) electrons. The van der Waals surface area contributed by atoms with Crippen LogP contribution in [0.5, 0.6) is 5.75 Å². The molecule has 0 amide bonds. The molecule has 1 fully saturated rings. The number of nitrogens with one attached hydrogen (secondary N) is 2. The molecule has 2 aromatic carbocycles. The van der Waals surface area contributed by atoms with E-state index in [9.17, 15) is 0 Å². The minimum atomic E-state index is 0.519. The molecule has 1 saturated carbocycles. The van der Waals surface area contributed by atoms with Gasteiger partial charge < -0.3 is 15.4 Å². The summed E-state index contributed by atoms with van der Waals surface area (Å²) in [4.78, 5) is 4.63. The number of rotatable bonds is 8. The Balaban J connectivity index is 1.61. The van der Waals surface area contributed by atoms with Gasteiger partial charge in [-0.25, -0.2) is 4.99 Å². The van der Waals surface area contributed by atoms with E-state index in [0.29, 0.717) is 18.7 Å². The van der Waals surface area contributed by atoms with E-state index >= 15 is 0 Å². The Morgan fingerprint density at radius 3 is 2.81 bits per heavy atom. The Morgan fingerprint density at radius 2 is 2.04 bits per heavy atom. The van der Waals surface area contributed by atoms with Crippen LogP contribution in [0, 0.1) is 17.2 Å². The summed E-state index contributed by atoms with van der Waals surface area (Å²) in [6, 6.07) is 17.8. The van der Waals surface area contributed by atoms with Crippen molar-refractivity contribution in [3.05, 3.63) is 65.2 Å². The number of nitrogens with zero attached hydrogens (tertiary/aromatic N) is 2. The summed E-state index contributed by atoms with van der Waals surface area (Å²) in [5.41, 5.74) is 2.79. The standard InChI is InChI=1S/C22H26N4O/c1-2-24-22(25-14-19-7-5-6-18(12-19)13-23)26-15-20-8-3-4-9-21(20)27-16-17-10-11-17/h3-9,12,17H,2,10-11,14-16H2,1H3,(H2,24,25,26). The van der Waals surface area contributed by atoms with Gasteiger partial charge in [0.05, 0.1) is 24.8 Å². The summed E-state index contributed by atoms with van der Waals surface area (Å²) in [5, 5.41) is 15.7. The highest BCUT2D eigenvalue weighted by atomic mass is 16.5. The highest BCUT2D eigenvalue weighted by molar-refractivity contribution is 5.79. The second-order valence-corrected chi connectivity index (χ2v) is 6.72. The first-order valence-electron chi connectivity index (χ1n) is 9.50.